The van der Waals surface area contributed by atoms with Crippen LogP contribution in [0, 0.1) is 0 Å². The van der Waals surface area contributed by atoms with Gasteiger partial charge >= 0.3 is 19.8 Å². The zero-order valence-corrected chi connectivity index (χ0v) is 43.2. The lowest BCUT2D eigenvalue weighted by atomic mass is 10.1. The van der Waals surface area contributed by atoms with Crippen LogP contribution in [0.4, 0.5) is 0 Å². The molecule has 0 aliphatic rings. The van der Waals surface area contributed by atoms with E-state index in [0.29, 0.717) is 6.42 Å². The van der Waals surface area contributed by atoms with Gasteiger partial charge in [-0.25, -0.2) is 4.57 Å². The van der Waals surface area contributed by atoms with Crippen molar-refractivity contribution < 1.29 is 37.6 Å². The average molecular weight is 954 g/mol. The summed E-state index contributed by atoms with van der Waals surface area (Å²) in [5.74, 6) is -0.890. The summed E-state index contributed by atoms with van der Waals surface area (Å²) in [5, 5.41) is 0. The summed E-state index contributed by atoms with van der Waals surface area (Å²) in [6.45, 7) is 3.55. The van der Waals surface area contributed by atoms with Gasteiger partial charge < -0.3 is 20.1 Å². The second kappa shape index (κ2) is 52.0. The predicted molar refractivity (Wildman–Crippen MR) is 284 cm³/mol. The van der Waals surface area contributed by atoms with Crippen molar-refractivity contribution in [2.75, 3.05) is 26.4 Å². The number of hydrogen-bond donors (Lipinski definition) is 2. The summed E-state index contributed by atoms with van der Waals surface area (Å²) in [5.41, 5.74) is 5.37. The van der Waals surface area contributed by atoms with Crippen molar-refractivity contribution in [3.8, 4) is 0 Å². The van der Waals surface area contributed by atoms with Crippen molar-refractivity contribution in [1.29, 1.82) is 0 Å². The highest BCUT2D eigenvalue weighted by atomic mass is 31.2. The first kappa shape index (κ1) is 63.7. The van der Waals surface area contributed by atoms with Crippen LogP contribution >= 0.6 is 7.82 Å². The number of phosphoric ester groups is 1. The Morgan fingerprint density at radius 1 is 0.463 bits per heavy atom. The second-order valence-corrected chi connectivity index (χ2v) is 18.5. The highest BCUT2D eigenvalue weighted by Crippen LogP contribution is 2.43. The molecule has 0 aliphatic heterocycles. The highest BCUT2D eigenvalue weighted by molar-refractivity contribution is 7.47. The summed E-state index contributed by atoms with van der Waals surface area (Å²) in [7, 11) is -4.41. The van der Waals surface area contributed by atoms with Crippen LogP contribution in [0.3, 0.4) is 0 Å². The first-order valence-electron chi connectivity index (χ1n) is 26.4. The number of phosphoric acid groups is 1. The minimum absolute atomic E-state index is 0.0394. The van der Waals surface area contributed by atoms with Crippen molar-refractivity contribution in [1.82, 2.24) is 0 Å². The van der Waals surface area contributed by atoms with E-state index in [1.54, 1.807) is 0 Å². The van der Waals surface area contributed by atoms with Gasteiger partial charge in [-0.05, 0) is 103 Å². The van der Waals surface area contributed by atoms with Crippen molar-refractivity contribution in [3.05, 3.63) is 109 Å². The predicted octanol–water partition coefficient (Wildman–Crippen LogP) is 16.3. The van der Waals surface area contributed by atoms with Crippen LogP contribution in [0.5, 0.6) is 0 Å². The highest BCUT2D eigenvalue weighted by Gasteiger charge is 2.26. The minimum Gasteiger partial charge on any atom is -0.462 e. The van der Waals surface area contributed by atoms with E-state index in [-0.39, 0.29) is 32.6 Å². The zero-order chi connectivity index (χ0) is 48.8. The van der Waals surface area contributed by atoms with Crippen LogP contribution < -0.4 is 5.73 Å². The van der Waals surface area contributed by atoms with Gasteiger partial charge in [-0.2, -0.15) is 0 Å². The maximum Gasteiger partial charge on any atom is 0.472 e. The van der Waals surface area contributed by atoms with E-state index in [2.05, 4.69) is 123 Å². The van der Waals surface area contributed by atoms with Crippen LogP contribution in [0.15, 0.2) is 109 Å². The van der Waals surface area contributed by atoms with E-state index in [4.69, 9.17) is 24.3 Å². The van der Waals surface area contributed by atoms with Gasteiger partial charge in [0.1, 0.15) is 6.61 Å². The number of hydrogen-bond acceptors (Lipinski definition) is 8. The van der Waals surface area contributed by atoms with Crippen LogP contribution in [-0.2, 0) is 32.7 Å². The van der Waals surface area contributed by atoms with Gasteiger partial charge in [-0.3, -0.25) is 18.6 Å². The Morgan fingerprint density at radius 3 is 1.25 bits per heavy atom. The summed E-state index contributed by atoms with van der Waals surface area (Å²) in [6, 6.07) is 0. The quantitative estimate of drug-likeness (QED) is 0.0264. The Labute approximate surface area is 409 Å². The fourth-order valence-corrected chi connectivity index (χ4v) is 7.53. The molecule has 2 unspecified atom stereocenters. The lowest BCUT2D eigenvalue weighted by Gasteiger charge is -2.19. The molecule has 0 aromatic rings. The average Bonchev–Trinajstić information content (AvgIpc) is 3.32. The first-order chi connectivity index (χ1) is 32.8. The molecule has 0 amide bonds. The van der Waals surface area contributed by atoms with E-state index in [1.807, 2.05) is 0 Å². The smallest absolute Gasteiger partial charge is 0.462 e. The standard InChI is InChI=1S/C57H96NO8P/c1-3-5-7-9-11-13-15-17-19-21-23-25-26-27-28-30-31-33-35-37-39-41-43-45-47-49-56(59)63-53-55(54-65-67(61,62)64-52-51-58)66-57(60)50-48-46-44-42-40-38-36-34-32-29-24-22-20-18-16-14-12-10-8-6-4-2/h6,8,12,14-15,17-18,20-21,23-24,26-27,29,34,36,40,42,55H,3-5,7,9-11,13,16,19,22,25,28,30-33,35,37-39,41,43-54,58H2,1-2H3,(H,61,62)/b8-6-,14-12-,17-15-,20-18-,23-21-,27-26-,29-24-,36-34-,42-40-. The van der Waals surface area contributed by atoms with Crippen LogP contribution in [0.25, 0.3) is 0 Å². The summed E-state index contributed by atoms with van der Waals surface area (Å²) >= 11 is 0. The van der Waals surface area contributed by atoms with Gasteiger partial charge in [0, 0.05) is 19.4 Å². The van der Waals surface area contributed by atoms with Crippen LogP contribution in [-0.4, -0.2) is 49.3 Å². The second-order valence-electron chi connectivity index (χ2n) is 17.0. The molecule has 0 aliphatic carbocycles. The SMILES string of the molecule is CC/C=C\C/C=C\C/C=C\C/C=C\C/C=C\C/C=C\CCCCC(=O)OC(COC(=O)CCCCCCCCCCCC/C=C\C/C=C\C/C=C\CCCCCCC)COP(=O)(O)OCCN. The number of allylic oxidation sites excluding steroid dienone is 18. The number of carbonyl (C=O) groups is 2. The van der Waals surface area contributed by atoms with E-state index in [9.17, 15) is 19.0 Å². The van der Waals surface area contributed by atoms with E-state index in [0.717, 1.165) is 96.3 Å². The lowest BCUT2D eigenvalue weighted by Crippen LogP contribution is -2.29. The third-order valence-electron chi connectivity index (χ3n) is 10.6. The van der Waals surface area contributed by atoms with Gasteiger partial charge in [-0.15, -0.1) is 0 Å². The molecule has 0 radical (unpaired) electrons. The molecule has 10 heteroatoms. The number of carbonyl (C=O) groups excluding carboxylic acids is 2. The molecule has 67 heavy (non-hydrogen) atoms. The first-order valence-corrected chi connectivity index (χ1v) is 27.9. The van der Waals surface area contributed by atoms with Gasteiger partial charge in [0.2, 0.25) is 0 Å². The Morgan fingerprint density at radius 2 is 0.821 bits per heavy atom. The molecular weight excluding hydrogens is 858 g/mol. The third kappa shape index (κ3) is 51.9. The van der Waals surface area contributed by atoms with Gasteiger partial charge in [0.15, 0.2) is 6.10 Å². The number of unbranched alkanes of at least 4 members (excludes halogenated alkanes) is 17. The van der Waals surface area contributed by atoms with E-state index < -0.39 is 32.5 Å². The fraction of sp³-hybridized carbons (Fsp3) is 0.649. The molecule has 0 saturated carbocycles. The zero-order valence-electron chi connectivity index (χ0n) is 42.3. The molecule has 0 aromatic carbocycles. The van der Waals surface area contributed by atoms with Crippen LogP contribution in [0.2, 0.25) is 0 Å². The molecule has 9 nitrogen and oxygen atoms in total. The molecule has 3 N–H and O–H groups in total. The summed E-state index contributed by atoms with van der Waals surface area (Å²) in [4.78, 5) is 35.1. The topological polar surface area (TPSA) is 134 Å². The van der Waals surface area contributed by atoms with Crippen molar-refractivity contribution in [3.63, 3.8) is 0 Å². The van der Waals surface area contributed by atoms with E-state index >= 15 is 0 Å². The van der Waals surface area contributed by atoms with Crippen molar-refractivity contribution in [2.45, 2.75) is 213 Å². The fourth-order valence-electron chi connectivity index (χ4n) is 6.76. The molecule has 0 rings (SSSR count). The summed E-state index contributed by atoms with van der Waals surface area (Å²) in [6.07, 6.45) is 69.9. The Hall–Kier alpha value is -3.33. The van der Waals surface area contributed by atoms with Gasteiger partial charge in [-0.1, -0.05) is 200 Å². The normalized spacial score (nSPS) is 14.0. The Balaban J connectivity index is 4.14. The van der Waals surface area contributed by atoms with Crippen LogP contribution in [0.1, 0.15) is 206 Å². The van der Waals surface area contributed by atoms with Gasteiger partial charge in [0.05, 0.1) is 13.2 Å². The molecule has 0 fully saturated rings. The summed E-state index contributed by atoms with van der Waals surface area (Å²) < 4.78 is 32.9. The maximum atomic E-state index is 12.6. The molecular formula is C57H96NO8P. The molecule has 0 bridgehead atoms. The molecule has 0 heterocycles. The molecule has 2 atom stereocenters. The molecule has 382 valence electrons. The molecule has 0 aromatic heterocycles. The van der Waals surface area contributed by atoms with Crippen molar-refractivity contribution in [2.24, 2.45) is 5.73 Å². The third-order valence-corrected chi connectivity index (χ3v) is 11.6. The number of esters is 2. The largest absolute Gasteiger partial charge is 0.472 e. The minimum atomic E-state index is -4.41. The number of rotatable bonds is 48. The Kier molecular flexibility index (Phi) is 49.5. The number of ether oxygens (including phenoxy) is 2. The number of nitrogens with two attached hydrogens (primary N) is 1. The maximum absolute atomic E-state index is 12.6. The van der Waals surface area contributed by atoms with E-state index in [1.165, 1.54) is 77.0 Å². The lowest BCUT2D eigenvalue weighted by molar-refractivity contribution is -0.161. The molecule has 0 saturated heterocycles. The van der Waals surface area contributed by atoms with Gasteiger partial charge in [0.25, 0.3) is 0 Å². The molecule has 0 spiro atoms. The monoisotopic (exact) mass is 954 g/mol. The Bertz CT molecular complexity index is 1460. The van der Waals surface area contributed by atoms with Crippen molar-refractivity contribution >= 4 is 19.8 Å².